The largest absolute Gasteiger partial charge is 0.0801 e. The molecule has 0 N–H and O–H groups in total. The molecule has 0 saturated heterocycles. The molecule has 0 heterocycles. The summed E-state index contributed by atoms with van der Waals surface area (Å²) in [4.78, 5) is 0. The van der Waals surface area contributed by atoms with Crippen LogP contribution in [0.3, 0.4) is 0 Å². The highest BCUT2D eigenvalue weighted by molar-refractivity contribution is 5.38. The van der Waals surface area contributed by atoms with Gasteiger partial charge in [-0.25, -0.2) is 0 Å². The second-order valence-electron chi connectivity index (χ2n) is 5.13. The van der Waals surface area contributed by atoms with Crippen LogP contribution in [0, 0.1) is 5.41 Å². The Morgan fingerprint density at radius 3 is 2.29 bits per heavy atom. The molecule has 14 heavy (non-hydrogen) atoms. The van der Waals surface area contributed by atoms with Crippen molar-refractivity contribution in [1.82, 2.24) is 0 Å². The van der Waals surface area contributed by atoms with E-state index >= 15 is 0 Å². The van der Waals surface area contributed by atoms with Gasteiger partial charge in [0, 0.05) is 0 Å². The lowest BCUT2D eigenvalue weighted by atomic mass is 9.78. The molecule has 0 nitrogen and oxygen atoms in total. The number of rotatable bonds is 0. The Bertz CT molecular complexity index is 364. The normalized spacial score (nSPS) is 16.1. The fraction of sp³-hybridized carbons (Fsp3) is 0.429. The van der Waals surface area contributed by atoms with Crippen LogP contribution in [0.5, 0.6) is 0 Å². The second kappa shape index (κ2) is 3.27. The molecule has 0 fully saturated rings. The molecular weight excluding hydrogens is 168 g/mol. The average molecular weight is 186 g/mol. The van der Waals surface area contributed by atoms with Crippen molar-refractivity contribution >= 4 is 0 Å². The van der Waals surface area contributed by atoms with E-state index in [1.807, 2.05) is 0 Å². The van der Waals surface area contributed by atoms with Crippen molar-refractivity contribution in [2.75, 3.05) is 0 Å². The van der Waals surface area contributed by atoms with E-state index in [1.54, 1.807) is 5.57 Å². The van der Waals surface area contributed by atoms with E-state index in [0.29, 0.717) is 5.41 Å². The molecule has 0 aliphatic heterocycles. The summed E-state index contributed by atoms with van der Waals surface area (Å²) in [5, 5.41) is 0. The number of hydrogen-bond donors (Lipinski definition) is 0. The third kappa shape index (κ3) is 1.75. The van der Waals surface area contributed by atoms with Crippen LogP contribution in [0.25, 0.3) is 0 Å². The maximum Gasteiger partial charge on any atom is -0.00589 e. The van der Waals surface area contributed by atoms with Gasteiger partial charge < -0.3 is 0 Å². The van der Waals surface area contributed by atoms with Gasteiger partial charge in [0.2, 0.25) is 0 Å². The molecule has 1 aliphatic carbocycles. The van der Waals surface area contributed by atoms with Crippen LogP contribution in [0.4, 0.5) is 0 Å². The molecule has 1 aromatic rings. The number of benzene rings is 1. The van der Waals surface area contributed by atoms with Gasteiger partial charge in [-0.2, -0.15) is 0 Å². The first-order valence-corrected chi connectivity index (χ1v) is 5.33. The van der Waals surface area contributed by atoms with Crippen LogP contribution in [0.15, 0.2) is 35.9 Å². The smallest absolute Gasteiger partial charge is 0.00589 e. The van der Waals surface area contributed by atoms with E-state index < -0.39 is 0 Å². The molecule has 1 aliphatic rings. The van der Waals surface area contributed by atoms with Crippen molar-refractivity contribution in [3.05, 3.63) is 47.0 Å². The Morgan fingerprint density at radius 2 is 1.64 bits per heavy atom. The third-order valence-electron chi connectivity index (χ3n) is 3.03. The van der Waals surface area contributed by atoms with Crippen LogP contribution in [0.2, 0.25) is 0 Å². The van der Waals surface area contributed by atoms with Gasteiger partial charge >= 0.3 is 0 Å². The predicted octanol–water partition coefficient (Wildman–Crippen LogP) is 3.76. The Labute approximate surface area is 86.7 Å². The van der Waals surface area contributed by atoms with Crippen LogP contribution in [-0.4, -0.2) is 0 Å². The molecule has 0 heteroatoms. The van der Waals surface area contributed by atoms with Crippen LogP contribution in [-0.2, 0) is 12.8 Å². The van der Waals surface area contributed by atoms with Crippen molar-refractivity contribution in [3.63, 3.8) is 0 Å². The summed E-state index contributed by atoms with van der Waals surface area (Å²) in [6, 6.07) is 8.78. The highest BCUT2D eigenvalue weighted by atomic mass is 14.3. The lowest BCUT2D eigenvalue weighted by molar-refractivity contribution is 0.486. The Balaban J connectivity index is 2.30. The molecule has 2 rings (SSSR count). The van der Waals surface area contributed by atoms with Gasteiger partial charge in [-0.15, -0.1) is 0 Å². The summed E-state index contributed by atoms with van der Waals surface area (Å²) >= 11 is 0. The lowest BCUT2D eigenvalue weighted by Crippen LogP contribution is -2.15. The molecule has 0 atom stereocenters. The SMILES string of the molecule is CC(C)(C)C1=CCc2ccccc2C1. The molecule has 0 radical (unpaired) electrons. The molecule has 0 bridgehead atoms. The van der Waals surface area contributed by atoms with Crippen molar-refractivity contribution < 1.29 is 0 Å². The Hall–Kier alpha value is -1.04. The first kappa shape index (κ1) is 9.51. The highest BCUT2D eigenvalue weighted by Gasteiger charge is 2.20. The quantitative estimate of drug-likeness (QED) is 0.541. The minimum Gasteiger partial charge on any atom is -0.0801 e. The van der Waals surface area contributed by atoms with Gasteiger partial charge in [-0.05, 0) is 29.4 Å². The predicted molar refractivity (Wildman–Crippen MR) is 61.4 cm³/mol. The van der Waals surface area contributed by atoms with Crippen molar-refractivity contribution in [2.45, 2.75) is 33.6 Å². The van der Waals surface area contributed by atoms with E-state index in [2.05, 4.69) is 51.1 Å². The molecular formula is C14H18. The molecule has 0 saturated carbocycles. The van der Waals surface area contributed by atoms with Crippen LogP contribution in [0.1, 0.15) is 31.9 Å². The zero-order valence-electron chi connectivity index (χ0n) is 9.30. The summed E-state index contributed by atoms with van der Waals surface area (Å²) in [6.07, 6.45) is 4.66. The van der Waals surface area contributed by atoms with Crippen LogP contribution >= 0.6 is 0 Å². The monoisotopic (exact) mass is 186 g/mol. The maximum atomic E-state index is 2.41. The van der Waals surface area contributed by atoms with Crippen molar-refractivity contribution in [2.24, 2.45) is 5.41 Å². The summed E-state index contributed by atoms with van der Waals surface area (Å²) in [5.41, 5.74) is 4.92. The van der Waals surface area contributed by atoms with Crippen molar-refractivity contribution in [1.29, 1.82) is 0 Å². The molecule has 74 valence electrons. The molecule has 0 unspecified atom stereocenters. The lowest BCUT2D eigenvalue weighted by Gasteiger charge is -2.27. The van der Waals surface area contributed by atoms with E-state index in [4.69, 9.17) is 0 Å². The van der Waals surface area contributed by atoms with Crippen LogP contribution < -0.4 is 0 Å². The maximum absolute atomic E-state index is 2.41. The minimum atomic E-state index is 0.327. The van der Waals surface area contributed by atoms with Gasteiger partial charge in [0.05, 0.1) is 0 Å². The topological polar surface area (TPSA) is 0 Å². The third-order valence-corrected chi connectivity index (χ3v) is 3.03. The van der Waals surface area contributed by atoms with Gasteiger partial charge in [-0.3, -0.25) is 0 Å². The first-order chi connectivity index (χ1) is 6.57. The van der Waals surface area contributed by atoms with Gasteiger partial charge in [-0.1, -0.05) is 56.7 Å². The van der Waals surface area contributed by atoms with E-state index in [1.165, 1.54) is 11.1 Å². The average Bonchev–Trinajstić information content (AvgIpc) is 2.16. The van der Waals surface area contributed by atoms with Gasteiger partial charge in [0.25, 0.3) is 0 Å². The summed E-state index contributed by atoms with van der Waals surface area (Å²) in [5.74, 6) is 0. The number of fused-ring (bicyclic) bond motifs is 1. The Kier molecular flexibility index (Phi) is 2.22. The molecule has 0 spiro atoms. The fourth-order valence-electron chi connectivity index (χ4n) is 2.01. The second-order valence-corrected chi connectivity index (χ2v) is 5.13. The van der Waals surface area contributed by atoms with E-state index in [0.717, 1.165) is 12.8 Å². The zero-order valence-corrected chi connectivity index (χ0v) is 9.30. The first-order valence-electron chi connectivity index (χ1n) is 5.33. The number of allylic oxidation sites excluding steroid dienone is 2. The summed E-state index contributed by atoms with van der Waals surface area (Å²) < 4.78 is 0. The Morgan fingerprint density at radius 1 is 1.00 bits per heavy atom. The van der Waals surface area contributed by atoms with Crippen molar-refractivity contribution in [3.8, 4) is 0 Å². The fourth-order valence-corrected chi connectivity index (χ4v) is 2.01. The van der Waals surface area contributed by atoms with Gasteiger partial charge in [0.1, 0.15) is 0 Å². The summed E-state index contributed by atoms with van der Waals surface area (Å²) in [7, 11) is 0. The number of hydrogen-bond acceptors (Lipinski definition) is 0. The van der Waals surface area contributed by atoms with E-state index in [-0.39, 0.29) is 0 Å². The highest BCUT2D eigenvalue weighted by Crippen LogP contribution is 2.32. The van der Waals surface area contributed by atoms with E-state index in [9.17, 15) is 0 Å². The van der Waals surface area contributed by atoms with Gasteiger partial charge in [0.15, 0.2) is 0 Å². The molecule has 1 aromatic carbocycles. The minimum absolute atomic E-state index is 0.327. The summed E-state index contributed by atoms with van der Waals surface area (Å²) in [6.45, 7) is 6.90. The molecule has 0 aromatic heterocycles. The standard InChI is InChI=1S/C14H18/c1-14(2,3)13-9-8-11-6-4-5-7-12(11)10-13/h4-7,9H,8,10H2,1-3H3. The zero-order chi connectivity index (χ0) is 10.2. The molecule has 0 amide bonds.